The van der Waals surface area contributed by atoms with E-state index < -0.39 is 5.60 Å². The first-order valence-electron chi connectivity index (χ1n) is 7.23. The second-order valence-corrected chi connectivity index (χ2v) is 5.23. The van der Waals surface area contributed by atoms with Gasteiger partial charge in [0.25, 0.3) is 0 Å². The van der Waals surface area contributed by atoms with Gasteiger partial charge in [0.15, 0.2) is 0 Å². The molecule has 0 spiro atoms. The first-order valence-corrected chi connectivity index (χ1v) is 7.23. The number of amides is 1. The second-order valence-electron chi connectivity index (χ2n) is 5.23. The highest BCUT2D eigenvalue weighted by Gasteiger charge is 2.12. The summed E-state index contributed by atoms with van der Waals surface area (Å²) < 4.78 is 0. The van der Waals surface area contributed by atoms with Crippen LogP contribution in [0.3, 0.4) is 0 Å². The van der Waals surface area contributed by atoms with Crippen LogP contribution in [0.1, 0.15) is 33.6 Å². The topological polar surface area (TPSA) is 49.3 Å². The van der Waals surface area contributed by atoms with E-state index in [4.69, 9.17) is 0 Å². The molecule has 0 heterocycles. The molecule has 2 N–H and O–H groups in total. The second kappa shape index (κ2) is 11.9. The van der Waals surface area contributed by atoms with E-state index in [0.717, 1.165) is 12.8 Å². The number of hydrogen-bond donors (Lipinski definition) is 2. The fourth-order valence-corrected chi connectivity index (χ4v) is 1.29. The summed E-state index contributed by atoms with van der Waals surface area (Å²) in [4.78, 5) is 11.4. The van der Waals surface area contributed by atoms with Gasteiger partial charge in [-0.2, -0.15) is 0 Å². The third kappa shape index (κ3) is 16.1. The highest BCUT2D eigenvalue weighted by atomic mass is 16.3. The first kappa shape index (κ1) is 19.1. The van der Waals surface area contributed by atoms with E-state index in [0.29, 0.717) is 0 Å². The van der Waals surface area contributed by atoms with Gasteiger partial charge in [-0.15, -0.1) is 0 Å². The van der Waals surface area contributed by atoms with E-state index in [9.17, 15) is 9.90 Å². The van der Waals surface area contributed by atoms with E-state index in [-0.39, 0.29) is 12.5 Å². The Bertz CT molecular complexity index is 421. The Labute approximate surface area is 128 Å². The molecule has 0 aromatic heterocycles. The Hall–Kier alpha value is -1.87. The molecule has 0 unspecified atom stereocenters. The molecule has 0 aromatic carbocycles. The van der Waals surface area contributed by atoms with Gasteiger partial charge in [0.2, 0.25) is 5.91 Å². The van der Waals surface area contributed by atoms with E-state index in [1.165, 1.54) is 6.08 Å². The number of carbonyl (C=O) groups is 1. The van der Waals surface area contributed by atoms with Gasteiger partial charge >= 0.3 is 0 Å². The molecule has 0 fully saturated rings. The minimum Gasteiger partial charge on any atom is -0.389 e. The smallest absolute Gasteiger partial charge is 0.244 e. The lowest BCUT2D eigenvalue weighted by atomic mass is 10.1. The average molecular weight is 289 g/mol. The fourth-order valence-electron chi connectivity index (χ4n) is 1.29. The van der Waals surface area contributed by atoms with Gasteiger partial charge in [-0.3, -0.25) is 4.79 Å². The minimum atomic E-state index is -0.882. The van der Waals surface area contributed by atoms with Gasteiger partial charge in [-0.05, 0) is 33.6 Å². The molecule has 0 rings (SSSR count). The Kier molecular flexibility index (Phi) is 10.9. The number of nitrogens with one attached hydrogen (secondary N) is 1. The van der Waals surface area contributed by atoms with Crippen molar-refractivity contribution in [3.8, 4) is 0 Å². The van der Waals surface area contributed by atoms with Crippen molar-refractivity contribution in [1.82, 2.24) is 5.32 Å². The molecule has 0 aliphatic carbocycles. The van der Waals surface area contributed by atoms with Gasteiger partial charge < -0.3 is 10.4 Å². The maximum absolute atomic E-state index is 11.4. The Morgan fingerprint density at radius 3 is 2.14 bits per heavy atom. The van der Waals surface area contributed by atoms with Crippen molar-refractivity contribution < 1.29 is 9.90 Å². The molecule has 0 aliphatic rings. The van der Waals surface area contributed by atoms with Crippen molar-refractivity contribution in [2.75, 3.05) is 6.54 Å². The third-order valence-electron chi connectivity index (χ3n) is 2.35. The van der Waals surface area contributed by atoms with Crippen LogP contribution >= 0.6 is 0 Å². The molecule has 0 saturated heterocycles. The Morgan fingerprint density at radius 2 is 1.57 bits per heavy atom. The van der Waals surface area contributed by atoms with Crippen LogP contribution in [0.2, 0.25) is 0 Å². The largest absolute Gasteiger partial charge is 0.389 e. The van der Waals surface area contributed by atoms with Gasteiger partial charge in [0, 0.05) is 12.6 Å². The lowest BCUT2D eigenvalue weighted by Crippen LogP contribution is -2.37. The van der Waals surface area contributed by atoms with Crippen molar-refractivity contribution in [3.63, 3.8) is 0 Å². The van der Waals surface area contributed by atoms with Crippen LogP contribution < -0.4 is 5.32 Å². The summed E-state index contributed by atoms with van der Waals surface area (Å²) in [7, 11) is 0. The predicted molar refractivity (Wildman–Crippen MR) is 89.9 cm³/mol. The van der Waals surface area contributed by atoms with Crippen molar-refractivity contribution >= 4 is 5.91 Å². The summed E-state index contributed by atoms with van der Waals surface area (Å²) in [5.41, 5.74) is -0.882. The fraction of sp³-hybridized carbons (Fsp3) is 0.389. The zero-order chi connectivity index (χ0) is 16.0. The summed E-state index contributed by atoms with van der Waals surface area (Å²) in [5.74, 6) is -0.198. The number of aliphatic hydroxyl groups is 1. The summed E-state index contributed by atoms with van der Waals surface area (Å²) in [6, 6.07) is 0. The van der Waals surface area contributed by atoms with Crippen molar-refractivity contribution in [3.05, 3.63) is 60.8 Å². The van der Waals surface area contributed by atoms with E-state index in [1.54, 1.807) is 19.9 Å². The van der Waals surface area contributed by atoms with E-state index in [1.807, 2.05) is 49.5 Å². The van der Waals surface area contributed by atoms with Crippen LogP contribution in [0.15, 0.2) is 60.8 Å². The molecule has 0 bridgehead atoms. The van der Waals surface area contributed by atoms with Crippen molar-refractivity contribution in [2.24, 2.45) is 0 Å². The maximum Gasteiger partial charge on any atom is 0.244 e. The monoisotopic (exact) mass is 289 g/mol. The summed E-state index contributed by atoms with van der Waals surface area (Å²) in [5, 5.41) is 12.1. The van der Waals surface area contributed by atoms with Gasteiger partial charge in [-0.1, -0.05) is 54.7 Å². The molecular weight excluding hydrogens is 262 g/mol. The molecule has 0 radical (unpaired) electrons. The predicted octanol–water partition coefficient (Wildman–Crippen LogP) is 3.45. The van der Waals surface area contributed by atoms with Crippen LogP contribution in [0.5, 0.6) is 0 Å². The van der Waals surface area contributed by atoms with Crippen LogP contribution in [0, 0.1) is 0 Å². The van der Waals surface area contributed by atoms with Crippen molar-refractivity contribution in [2.45, 2.75) is 39.2 Å². The molecule has 116 valence electrons. The normalized spacial score (nSPS) is 13.5. The number of hydrogen-bond acceptors (Lipinski definition) is 2. The molecule has 21 heavy (non-hydrogen) atoms. The van der Waals surface area contributed by atoms with E-state index in [2.05, 4.69) is 11.4 Å². The van der Waals surface area contributed by atoms with Crippen LogP contribution in [-0.2, 0) is 4.79 Å². The summed E-state index contributed by atoms with van der Waals surface area (Å²) in [6.07, 6.45) is 21.0. The first-order chi connectivity index (χ1) is 9.95. The lowest BCUT2D eigenvalue weighted by molar-refractivity contribution is -0.117. The zero-order valence-corrected chi connectivity index (χ0v) is 13.3. The molecule has 0 aromatic rings. The van der Waals surface area contributed by atoms with Gasteiger partial charge in [0.05, 0.1) is 5.60 Å². The maximum atomic E-state index is 11.4. The quantitative estimate of drug-likeness (QED) is 0.388. The Morgan fingerprint density at radius 1 is 1.00 bits per heavy atom. The SMILES string of the molecule is C/C=C/C=C/C=CCCC=CC=CC(=O)NCC(C)(C)O. The molecule has 3 nitrogen and oxygen atoms in total. The molecular formula is C18H27NO2. The average Bonchev–Trinajstić information content (AvgIpc) is 2.42. The Balaban J connectivity index is 3.76. The minimum absolute atomic E-state index is 0.198. The number of rotatable bonds is 9. The summed E-state index contributed by atoms with van der Waals surface area (Å²) in [6.45, 7) is 5.53. The third-order valence-corrected chi connectivity index (χ3v) is 2.35. The lowest BCUT2D eigenvalue weighted by Gasteiger charge is -2.16. The van der Waals surface area contributed by atoms with Crippen LogP contribution in [-0.4, -0.2) is 23.2 Å². The number of unbranched alkanes of at least 4 members (excludes halogenated alkanes) is 1. The molecule has 0 aliphatic heterocycles. The van der Waals surface area contributed by atoms with Gasteiger partial charge in [0.1, 0.15) is 0 Å². The highest BCUT2D eigenvalue weighted by Crippen LogP contribution is 1.97. The summed E-state index contributed by atoms with van der Waals surface area (Å²) >= 11 is 0. The van der Waals surface area contributed by atoms with Crippen LogP contribution in [0.4, 0.5) is 0 Å². The van der Waals surface area contributed by atoms with Crippen molar-refractivity contribution in [1.29, 1.82) is 0 Å². The molecule has 1 amide bonds. The highest BCUT2D eigenvalue weighted by molar-refractivity contribution is 5.87. The molecule has 0 saturated carbocycles. The number of carbonyl (C=O) groups excluding carboxylic acids is 1. The van der Waals surface area contributed by atoms with Crippen LogP contribution in [0.25, 0.3) is 0 Å². The van der Waals surface area contributed by atoms with E-state index >= 15 is 0 Å². The zero-order valence-electron chi connectivity index (χ0n) is 13.3. The standard InChI is InChI=1S/C18H27NO2/c1-4-5-6-7-8-9-10-11-12-13-14-15-17(20)19-16-18(2,3)21/h4-9,12-15,21H,10-11,16H2,1-3H3,(H,19,20)/b5-4+,7-6+,9-8?,13-12?,15-14?. The molecule has 0 atom stereocenters. The number of allylic oxidation sites excluding steroid dienone is 9. The van der Waals surface area contributed by atoms with Gasteiger partial charge in [-0.25, -0.2) is 0 Å². The molecule has 3 heteroatoms.